The summed E-state index contributed by atoms with van der Waals surface area (Å²) in [6.45, 7) is 4.12. The van der Waals surface area contributed by atoms with E-state index in [4.69, 9.17) is 0 Å². The number of amides is 1. The Balaban J connectivity index is 1.36. The van der Waals surface area contributed by atoms with Gasteiger partial charge in [0.05, 0.1) is 17.4 Å². The Labute approximate surface area is 196 Å². The smallest absolute Gasteiger partial charge is 0.275 e. The maximum absolute atomic E-state index is 13.5. The number of hydrogen-bond acceptors (Lipinski definition) is 5. The summed E-state index contributed by atoms with van der Waals surface area (Å²) in [4.78, 5) is 22.7. The minimum atomic E-state index is -0.257. The van der Waals surface area contributed by atoms with E-state index >= 15 is 0 Å². The maximum atomic E-state index is 13.5. The predicted molar refractivity (Wildman–Crippen MR) is 129 cm³/mol. The number of pyridine rings is 1. The molecule has 0 aliphatic heterocycles. The van der Waals surface area contributed by atoms with Gasteiger partial charge in [-0.3, -0.25) is 4.79 Å². The SMILES string of the molecule is CC(C)n1cnnc1-c1cccc(NC(=O)c2cc3ccccc3n2-n2cnc(C3CC3)c2)n1. The topological polar surface area (TPSA) is 95.5 Å². The van der Waals surface area contributed by atoms with E-state index in [1.165, 1.54) is 12.8 Å². The van der Waals surface area contributed by atoms with Crippen molar-refractivity contribution in [3.63, 3.8) is 0 Å². The molecular formula is C25H24N8O. The van der Waals surface area contributed by atoms with Crippen LogP contribution in [0.2, 0.25) is 0 Å². The molecule has 4 heterocycles. The van der Waals surface area contributed by atoms with Gasteiger partial charge in [-0.1, -0.05) is 24.3 Å². The van der Waals surface area contributed by atoms with Crippen LogP contribution < -0.4 is 5.32 Å². The van der Waals surface area contributed by atoms with E-state index in [2.05, 4.69) is 39.3 Å². The van der Waals surface area contributed by atoms with Gasteiger partial charge in [-0.25, -0.2) is 19.3 Å². The van der Waals surface area contributed by atoms with Crippen LogP contribution in [0, 0.1) is 0 Å². The highest BCUT2D eigenvalue weighted by atomic mass is 16.2. The Morgan fingerprint density at radius 2 is 1.94 bits per heavy atom. The summed E-state index contributed by atoms with van der Waals surface area (Å²) in [6.07, 6.45) is 7.81. The van der Waals surface area contributed by atoms with Gasteiger partial charge in [-0.15, -0.1) is 10.2 Å². The Morgan fingerprint density at radius 1 is 1.09 bits per heavy atom. The number of para-hydroxylation sites is 1. The molecule has 0 atom stereocenters. The fourth-order valence-corrected chi connectivity index (χ4v) is 4.19. The lowest BCUT2D eigenvalue weighted by atomic mass is 10.2. The average Bonchev–Trinajstić information content (AvgIpc) is 3.25. The van der Waals surface area contributed by atoms with E-state index in [1.807, 2.05) is 62.6 Å². The Kier molecular flexibility index (Phi) is 4.75. The first-order valence-corrected chi connectivity index (χ1v) is 11.4. The lowest BCUT2D eigenvalue weighted by Gasteiger charge is -2.12. The number of benzene rings is 1. The highest BCUT2D eigenvalue weighted by Crippen LogP contribution is 2.39. The standard InChI is InChI=1S/C25H24N8O/c1-16(2)32-15-27-30-24(32)19-7-5-9-23(28-19)29-25(34)22-12-18-6-3-4-8-21(18)33(22)31-13-20(26-14-31)17-10-11-17/h3-9,12-17H,10-11H2,1-2H3,(H,28,29,34). The summed E-state index contributed by atoms with van der Waals surface area (Å²) in [5, 5.41) is 12.2. The van der Waals surface area contributed by atoms with Gasteiger partial charge < -0.3 is 9.88 Å². The normalized spacial score (nSPS) is 13.6. The Bertz CT molecular complexity index is 1500. The van der Waals surface area contributed by atoms with Gasteiger partial charge in [0.25, 0.3) is 5.91 Å². The fraction of sp³-hybridized carbons (Fsp3) is 0.240. The molecule has 0 bridgehead atoms. The lowest BCUT2D eigenvalue weighted by molar-refractivity contribution is 0.101. The van der Waals surface area contributed by atoms with Crippen LogP contribution in [0.1, 0.15) is 54.8 Å². The molecule has 1 aromatic carbocycles. The quantitative estimate of drug-likeness (QED) is 0.409. The molecule has 1 fully saturated rings. The summed E-state index contributed by atoms with van der Waals surface area (Å²) in [5.41, 5.74) is 3.14. The molecule has 1 saturated carbocycles. The van der Waals surface area contributed by atoms with Crippen molar-refractivity contribution in [2.75, 3.05) is 5.32 Å². The molecule has 0 spiro atoms. The zero-order valence-corrected chi connectivity index (χ0v) is 19.0. The second-order valence-electron chi connectivity index (χ2n) is 8.87. The number of carbonyl (C=O) groups is 1. The third-order valence-corrected chi connectivity index (χ3v) is 6.08. The lowest BCUT2D eigenvalue weighted by Crippen LogP contribution is -2.20. The van der Waals surface area contributed by atoms with Crippen molar-refractivity contribution < 1.29 is 4.79 Å². The van der Waals surface area contributed by atoms with Crippen molar-refractivity contribution in [2.45, 2.75) is 38.6 Å². The summed E-state index contributed by atoms with van der Waals surface area (Å²) < 4.78 is 5.73. The first-order chi connectivity index (χ1) is 16.6. The van der Waals surface area contributed by atoms with Crippen LogP contribution in [0.15, 0.2) is 67.4 Å². The third-order valence-electron chi connectivity index (χ3n) is 6.08. The summed E-state index contributed by atoms with van der Waals surface area (Å²) >= 11 is 0. The van der Waals surface area contributed by atoms with Crippen molar-refractivity contribution in [1.29, 1.82) is 0 Å². The van der Waals surface area contributed by atoms with E-state index in [1.54, 1.807) is 18.7 Å². The molecule has 0 saturated heterocycles. The first kappa shape index (κ1) is 20.3. The number of carbonyl (C=O) groups excluding carboxylic acids is 1. The molecule has 9 nitrogen and oxygen atoms in total. The van der Waals surface area contributed by atoms with E-state index in [0.717, 1.165) is 16.6 Å². The van der Waals surface area contributed by atoms with E-state index in [0.29, 0.717) is 28.9 Å². The first-order valence-electron chi connectivity index (χ1n) is 11.4. The molecule has 34 heavy (non-hydrogen) atoms. The fourth-order valence-electron chi connectivity index (χ4n) is 4.19. The predicted octanol–water partition coefficient (Wildman–Crippen LogP) is 4.51. The van der Waals surface area contributed by atoms with Crippen LogP contribution in [0.5, 0.6) is 0 Å². The number of imidazole rings is 1. The number of nitrogens with one attached hydrogen (secondary N) is 1. The number of rotatable bonds is 6. The van der Waals surface area contributed by atoms with Crippen molar-refractivity contribution in [3.8, 4) is 11.5 Å². The van der Waals surface area contributed by atoms with Gasteiger partial charge in [-0.05, 0) is 51.0 Å². The molecule has 1 amide bonds. The van der Waals surface area contributed by atoms with Crippen LogP contribution in [-0.4, -0.2) is 40.0 Å². The molecule has 170 valence electrons. The number of aromatic nitrogens is 7. The molecule has 6 rings (SSSR count). The summed E-state index contributed by atoms with van der Waals surface area (Å²) in [6, 6.07) is 15.5. The number of nitrogens with zero attached hydrogens (tertiary/aromatic N) is 7. The molecular weight excluding hydrogens is 428 g/mol. The number of hydrogen-bond donors (Lipinski definition) is 1. The zero-order chi connectivity index (χ0) is 23.2. The molecule has 1 N–H and O–H groups in total. The monoisotopic (exact) mass is 452 g/mol. The van der Waals surface area contributed by atoms with Crippen molar-refractivity contribution in [3.05, 3.63) is 78.8 Å². The molecule has 5 aromatic rings. The zero-order valence-electron chi connectivity index (χ0n) is 19.0. The molecule has 0 radical (unpaired) electrons. The Morgan fingerprint density at radius 3 is 2.76 bits per heavy atom. The summed E-state index contributed by atoms with van der Waals surface area (Å²) in [7, 11) is 0. The summed E-state index contributed by atoms with van der Waals surface area (Å²) in [5.74, 6) is 1.38. The van der Waals surface area contributed by atoms with Gasteiger partial charge in [-0.2, -0.15) is 0 Å². The Hall–Kier alpha value is -4.27. The largest absolute Gasteiger partial charge is 0.310 e. The highest BCUT2D eigenvalue weighted by Gasteiger charge is 2.27. The minimum absolute atomic E-state index is 0.191. The van der Waals surface area contributed by atoms with Crippen molar-refractivity contribution >= 4 is 22.6 Å². The third kappa shape index (κ3) is 3.55. The maximum Gasteiger partial charge on any atom is 0.275 e. The highest BCUT2D eigenvalue weighted by molar-refractivity contribution is 6.06. The van der Waals surface area contributed by atoms with Crippen molar-refractivity contribution in [2.24, 2.45) is 0 Å². The van der Waals surface area contributed by atoms with Gasteiger partial charge in [0, 0.05) is 17.3 Å². The molecule has 4 aromatic heterocycles. The second-order valence-corrected chi connectivity index (χ2v) is 8.87. The van der Waals surface area contributed by atoms with E-state index in [-0.39, 0.29) is 11.9 Å². The van der Waals surface area contributed by atoms with Crippen molar-refractivity contribution in [1.82, 2.24) is 34.1 Å². The van der Waals surface area contributed by atoms with Gasteiger partial charge in [0.1, 0.15) is 29.9 Å². The van der Waals surface area contributed by atoms with Crippen LogP contribution in [0.3, 0.4) is 0 Å². The molecule has 0 unspecified atom stereocenters. The van der Waals surface area contributed by atoms with Crippen LogP contribution in [0.25, 0.3) is 22.4 Å². The van der Waals surface area contributed by atoms with Gasteiger partial charge in [0.15, 0.2) is 5.82 Å². The van der Waals surface area contributed by atoms with Crippen LogP contribution in [-0.2, 0) is 0 Å². The van der Waals surface area contributed by atoms with E-state index < -0.39 is 0 Å². The minimum Gasteiger partial charge on any atom is -0.310 e. The van der Waals surface area contributed by atoms with Gasteiger partial charge in [0.2, 0.25) is 0 Å². The molecule has 1 aliphatic carbocycles. The number of fused-ring (bicyclic) bond motifs is 1. The van der Waals surface area contributed by atoms with Crippen LogP contribution in [0.4, 0.5) is 5.82 Å². The van der Waals surface area contributed by atoms with Gasteiger partial charge >= 0.3 is 0 Å². The number of anilines is 1. The van der Waals surface area contributed by atoms with Crippen LogP contribution >= 0.6 is 0 Å². The van der Waals surface area contributed by atoms with E-state index in [9.17, 15) is 4.79 Å². The average molecular weight is 453 g/mol. The molecule has 1 aliphatic rings. The second kappa shape index (κ2) is 7.95. The molecule has 9 heteroatoms.